The summed E-state index contributed by atoms with van der Waals surface area (Å²) in [6.07, 6.45) is 2.01. The van der Waals surface area contributed by atoms with Crippen LogP contribution in [0.25, 0.3) is 0 Å². The number of aliphatic hydroxyl groups excluding tert-OH is 1. The Labute approximate surface area is 67.3 Å². The fraction of sp³-hybridized carbons (Fsp3) is 1.00. The second-order valence-corrected chi connectivity index (χ2v) is 2.96. The summed E-state index contributed by atoms with van der Waals surface area (Å²) in [6.45, 7) is 2.05. The van der Waals surface area contributed by atoms with Crippen molar-refractivity contribution in [3.63, 3.8) is 0 Å². The van der Waals surface area contributed by atoms with Crippen LogP contribution in [0.5, 0.6) is 0 Å². The van der Waals surface area contributed by atoms with Crippen LogP contribution in [0.2, 0.25) is 0 Å². The van der Waals surface area contributed by atoms with Gasteiger partial charge in [0.2, 0.25) is 0 Å². The molecule has 1 aliphatic heterocycles. The molecule has 3 unspecified atom stereocenters. The Morgan fingerprint density at radius 1 is 1.55 bits per heavy atom. The molecule has 1 heterocycles. The van der Waals surface area contributed by atoms with Crippen LogP contribution in [0.4, 0.5) is 0 Å². The summed E-state index contributed by atoms with van der Waals surface area (Å²) in [4.78, 5) is 0. The van der Waals surface area contributed by atoms with E-state index in [0.717, 1.165) is 12.8 Å². The molecule has 1 saturated heterocycles. The van der Waals surface area contributed by atoms with E-state index in [4.69, 9.17) is 9.47 Å². The molecular formula is C8H16O3. The molecule has 1 fully saturated rings. The van der Waals surface area contributed by atoms with Crippen LogP contribution in [0, 0.1) is 0 Å². The molecule has 0 aromatic carbocycles. The lowest BCUT2D eigenvalue weighted by Crippen LogP contribution is -2.36. The van der Waals surface area contributed by atoms with Crippen LogP contribution in [0.3, 0.4) is 0 Å². The molecule has 3 heteroatoms. The molecule has 66 valence electrons. The number of hydrogen-bond donors (Lipinski definition) is 1. The predicted molar refractivity (Wildman–Crippen MR) is 41.2 cm³/mol. The van der Waals surface area contributed by atoms with Gasteiger partial charge in [-0.25, -0.2) is 0 Å². The Hall–Kier alpha value is -0.120. The first kappa shape index (κ1) is 8.97. The van der Waals surface area contributed by atoms with Crippen molar-refractivity contribution < 1.29 is 14.6 Å². The summed E-state index contributed by atoms with van der Waals surface area (Å²) >= 11 is 0. The quantitative estimate of drug-likeness (QED) is 0.652. The molecule has 0 aromatic rings. The zero-order valence-electron chi connectivity index (χ0n) is 7.12. The van der Waals surface area contributed by atoms with Crippen molar-refractivity contribution in [1.82, 2.24) is 0 Å². The van der Waals surface area contributed by atoms with Crippen molar-refractivity contribution in [3.8, 4) is 0 Å². The van der Waals surface area contributed by atoms with Gasteiger partial charge < -0.3 is 14.6 Å². The molecular weight excluding hydrogens is 144 g/mol. The summed E-state index contributed by atoms with van der Waals surface area (Å²) in [5, 5.41) is 9.35. The first-order chi connectivity index (χ1) is 5.26. The molecule has 1 aliphatic rings. The van der Waals surface area contributed by atoms with Crippen LogP contribution in [-0.4, -0.2) is 30.7 Å². The van der Waals surface area contributed by atoms with Gasteiger partial charge in [0.1, 0.15) is 0 Å². The van der Waals surface area contributed by atoms with Gasteiger partial charge in [0, 0.05) is 13.5 Å². The monoisotopic (exact) mass is 160 g/mol. The topological polar surface area (TPSA) is 38.7 Å². The van der Waals surface area contributed by atoms with Gasteiger partial charge in [-0.2, -0.15) is 0 Å². The maximum absolute atomic E-state index is 9.35. The van der Waals surface area contributed by atoms with Crippen LogP contribution in [0.1, 0.15) is 26.2 Å². The highest BCUT2D eigenvalue weighted by atomic mass is 16.7. The molecule has 3 nitrogen and oxygen atoms in total. The van der Waals surface area contributed by atoms with E-state index in [2.05, 4.69) is 6.92 Å². The summed E-state index contributed by atoms with van der Waals surface area (Å²) < 4.78 is 10.5. The van der Waals surface area contributed by atoms with E-state index in [1.165, 1.54) is 0 Å². The molecule has 1 N–H and O–H groups in total. The third-order valence-electron chi connectivity index (χ3n) is 2.06. The number of rotatable bonds is 2. The van der Waals surface area contributed by atoms with Crippen LogP contribution in [0.15, 0.2) is 0 Å². The van der Waals surface area contributed by atoms with Crippen molar-refractivity contribution in [2.75, 3.05) is 7.11 Å². The highest BCUT2D eigenvalue weighted by molar-refractivity contribution is 4.71. The maximum Gasteiger partial charge on any atom is 0.160 e. The number of aliphatic hydroxyl groups is 1. The lowest BCUT2D eigenvalue weighted by molar-refractivity contribution is -0.203. The lowest BCUT2D eigenvalue weighted by Gasteiger charge is -2.31. The molecule has 0 amide bonds. The van der Waals surface area contributed by atoms with E-state index in [1.807, 2.05) is 0 Å². The normalized spacial score (nSPS) is 39.0. The van der Waals surface area contributed by atoms with Gasteiger partial charge in [0.05, 0.1) is 12.2 Å². The van der Waals surface area contributed by atoms with E-state index in [1.54, 1.807) is 7.11 Å². The minimum Gasteiger partial charge on any atom is -0.393 e. The average Bonchev–Trinajstić information content (AvgIpc) is 2.03. The molecule has 11 heavy (non-hydrogen) atoms. The van der Waals surface area contributed by atoms with Crippen LogP contribution >= 0.6 is 0 Å². The van der Waals surface area contributed by atoms with E-state index in [-0.39, 0.29) is 18.5 Å². The van der Waals surface area contributed by atoms with Gasteiger partial charge in [0.25, 0.3) is 0 Å². The number of hydrogen-bond acceptors (Lipinski definition) is 3. The Morgan fingerprint density at radius 2 is 2.27 bits per heavy atom. The van der Waals surface area contributed by atoms with E-state index < -0.39 is 0 Å². The van der Waals surface area contributed by atoms with Gasteiger partial charge in [-0.15, -0.1) is 0 Å². The third-order valence-corrected chi connectivity index (χ3v) is 2.06. The van der Waals surface area contributed by atoms with Gasteiger partial charge in [-0.05, 0) is 12.8 Å². The minimum atomic E-state index is -0.251. The fourth-order valence-electron chi connectivity index (χ4n) is 1.36. The van der Waals surface area contributed by atoms with Crippen molar-refractivity contribution in [2.24, 2.45) is 0 Å². The Balaban J connectivity index is 2.37. The van der Waals surface area contributed by atoms with Crippen molar-refractivity contribution in [3.05, 3.63) is 0 Å². The van der Waals surface area contributed by atoms with Gasteiger partial charge >= 0.3 is 0 Å². The smallest absolute Gasteiger partial charge is 0.160 e. The summed E-state index contributed by atoms with van der Waals surface area (Å²) in [5.74, 6) is 0. The Morgan fingerprint density at radius 3 is 2.82 bits per heavy atom. The largest absolute Gasteiger partial charge is 0.393 e. The molecule has 0 aromatic heterocycles. The van der Waals surface area contributed by atoms with E-state index in [0.29, 0.717) is 6.42 Å². The molecule has 0 bridgehead atoms. The zero-order chi connectivity index (χ0) is 8.27. The van der Waals surface area contributed by atoms with Crippen molar-refractivity contribution in [2.45, 2.75) is 44.7 Å². The molecule has 1 rings (SSSR count). The van der Waals surface area contributed by atoms with Gasteiger partial charge in [-0.1, -0.05) is 6.92 Å². The first-order valence-electron chi connectivity index (χ1n) is 4.12. The molecule has 3 atom stereocenters. The van der Waals surface area contributed by atoms with E-state index in [9.17, 15) is 5.11 Å². The van der Waals surface area contributed by atoms with Crippen molar-refractivity contribution >= 4 is 0 Å². The maximum atomic E-state index is 9.35. The Kier molecular flexibility index (Phi) is 3.30. The minimum absolute atomic E-state index is 0.170. The second-order valence-electron chi connectivity index (χ2n) is 2.96. The average molecular weight is 160 g/mol. The summed E-state index contributed by atoms with van der Waals surface area (Å²) in [5.41, 5.74) is 0. The highest BCUT2D eigenvalue weighted by Crippen LogP contribution is 2.21. The Bertz CT molecular complexity index is 104. The summed E-state index contributed by atoms with van der Waals surface area (Å²) in [7, 11) is 1.61. The number of ether oxygens (including phenoxy) is 2. The number of methoxy groups -OCH3 is 1. The zero-order valence-corrected chi connectivity index (χ0v) is 7.12. The molecule has 0 radical (unpaired) electrons. The molecule has 0 spiro atoms. The standard InChI is InChI=1S/C8H16O3/c1-3-7-4-6(9)5-8(10-2)11-7/h6-9H,3-5H2,1-2H3. The lowest BCUT2D eigenvalue weighted by atomic mass is 10.0. The predicted octanol–water partition coefficient (Wildman–Crippen LogP) is 0.909. The first-order valence-corrected chi connectivity index (χ1v) is 4.12. The molecule has 0 aliphatic carbocycles. The van der Waals surface area contributed by atoms with Crippen LogP contribution < -0.4 is 0 Å². The van der Waals surface area contributed by atoms with Gasteiger partial charge in [-0.3, -0.25) is 0 Å². The third kappa shape index (κ3) is 2.43. The SMILES string of the molecule is CCC1CC(O)CC(OC)O1. The van der Waals surface area contributed by atoms with Crippen LogP contribution in [-0.2, 0) is 9.47 Å². The van der Waals surface area contributed by atoms with Gasteiger partial charge in [0.15, 0.2) is 6.29 Å². The second kappa shape index (κ2) is 4.04. The fourth-order valence-corrected chi connectivity index (χ4v) is 1.36. The molecule has 0 saturated carbocycles. The summed E-state index contributed by atoms with van der Waals surface area (Å²) in [6, 6.07) is 0. The van der Waals surface area contributed by atoms with E-state index >= 15 is 0 Å². The highest BCUT2D eigenvalue weighted by Gasteiger charge is 2.26. The van der Waals surface area contributed by atoms with Crippen molar-refractivity contribution in [1.29, 1.82) is 0 Å².